The van der Waals surface area contributed by atoms with E-state index in [9.17, 15) is 19.3 Å². The average molecular weight is 449 g/mol. The van der Waals surface area contributed by atoms with Crippen molar-refractivity contribution in [1.29, 1.82) is 0 Å². The number of aryl methyl sites for hydroxylation is 1. The second-order valence-electron chi connectivity index (χ2n) is 8.99. The summed E-state index contributed by atoms with van der Waals surface area (Å²) in [6.45, 7) is 5.04. The monoisotopic (exact) mass is 449 g/mol. The van der Waals surface area contributed by atoms with Crippen molar-refractivity contribution in [3.05, 3.63) is 93.0 Å². The predicted molar refractivity (Wildman–Crippen MR) is 121 cm³/mol. The molecule has 1 fully saturated rings. The molecular formula is C25H24FN3O4. The van der Waals surface area contributed by atoms with E-state index < -0.39 is 10.8 Å². The summed E-state index contributed by atoms with van der Waals surface area (Å²) in [5.74, 6) is -1.07. The summed E-state index contributed by atoms with van der Waals surface area (Å²) in [5, 5.41) is 11.0. The predicted octanol–water partition coefficient (Wildman–Crippen LogP) is 4.83. The van der Waals surface area contributed by atoms with Gasteiger partial charge in [0.2, 0.25) is 0 Å². The number of piperidine rings is 1. The smallest absolute Gasteiger partial charge is 0.395 e. The molecule has 0 radical (unpaired) electrons. The van der Waals surface area contributed by atoms with Crippen molar-refractivity contribution in [3.8, 4) is 0 Å². The number of hydrogen-bond donors (Lipinski definition) is 0. The summed E-state index contributed by atoms with van der Waals surface area (Å²) >= 11 is 0. The summed E-state index contributed by atoms with van der Waals surface area (Å²) in [4.78, 5) is 27.7. The Hall–Kier alpha value is -3.52. The normalized spacial score (nSPS) is 17.3. The van der Waals surface area contributed by atoms with Gasteiger partial charge in [-0.3, -0.25) is 19.8 Å². The Labute approximate surface area is 190 Å². The highest BCUT2D eigenvalue weighted by molar-refractivity contribution is 6.06. The molecule has 3 heterocycles. The van der Waals surface area contributed by atoms with E-state index in [-0.39, 0.29) is 22.9 Å². The summed E-state index contributed by atoms with van der Waals surface area (Å²) in [6.07, 6.45) is 1.76. The maximum absolute atomic E-state index is 13.3. The summed E-state index contributed by atoms with van der Waals surface area (Å²) in [6, 6.07) is 15.3. The van der Waals surface area contributed by atoms with E-state index in [1.807, 2.05) is 31.2 Å². The van der Waals surface area contributed by atoms with Gasteiger partial charge in [0.05, 0.1) is 6.07 Å². The van der Waals surface area contributed by atoms with Crippen molar-refractivity contribution in [3.63, 3.8) is 0 Å². The van der Waals surface area contributed by atoms with Crippen LogP contribution in [0.5, 0.6) is 0 Å². The number of fused-ring (bicyclic) bond motifs is 2. The van der Waals surface area contributed by atoms with Gasteiger partial charge in [-0.2, -0.15) is 0 Å². The van der Waals surface area contributed by atoms with Crippen LogP contribution in [0.2, 0.25) is 0 Å². The molecule has 8 heteroatoms. The Bertz CT molecular complexity index is 1210. The van der Waals surface area contributed by atoms with Gasteiger partial charge in [-0.25, -0.2) is 4.39 Å². The van der Waals surface area contributed by atoms with E-state index in [1.165, 1.54) is 24.3 Å². The number of benzene rings is 2. The SMILES string of the molecule is Cc1ccc2c(c1)C1(CCN(Cc3ccc(F)cc3)CC1)CN2C(=O)c1ccc([N+](=O)[O-])o1. The molecule has 1 saturated heterocycles. The highest BCUT2D eigenvalue weighted by Crippen LogP contribution is 2.48. The number of halogens is 1. The van der Waals surface area contributed by atoms with Crippen molar-refractivity contribution in [2.24, 2.45) is 0 Å². The third-order valence-corrected chi connectivity index (χ3v) is 6.84. The molecule has 0 N–H and O–H groups in total. The first-order chi connectivity index (χ1) is 15.8. The van der Waals surface area contributed by atoms with Gasteiger partial charge in [0.15, 0.2) is 5.76 Å². The number of anilines is 1. The molecule has 0 atom stereocenters. The average Bonchev–Trinajstić information content (AvgIpc) is 3.41. The lowest BCUT2D eigenvalue weighted by Gasteiger charge is -2.40. The number of rotatable bonds is 4. The fourth-order valence-corrected chi connectivity index (χ4v) is 5.05. The first-order valence-corrected chi connectivity index (χ1v) is 11.0. The second kappa shape index (κ2) is 8.12. The van der Waals surface area contributed by atoms with E-state index in [0.717, 1.165) is 54.9 Å². The minimum atomic E-state index is -0.642. The van der Waals surface area contributed by atoms with Crippen LogP contribution in [0.25, 0.3) is 0 Å². The van der Waals surface area contributed by atoms with Gasteiger partial charge in [0.1, 0.15) is 10.7 Å². The van der Waals surface area contributed by atoms with E-state index in [4.69, 9.17) is 4.42 Å². The fourth-order valence-electron chi connectivity index (χ4n) is 5.05. The van der Waals surface area contributed by atoms with Crippen LogP contribution in [0.3, 0.4) is 0 Å². The lowest BCUT2D eigenvalue weighted by atomic mass is 9.74. The van der Waals surface area contributed by atoms with Gasteiger partial charge in [-0.15, -0.1) is 0 Å². The number of nitro groups is 1. The molecule has 0 bridgehead atoms. The summed E-state index contributed by atoms with van der Waals surface area (Å²) in [7, 11) is 0. The highest BCUT2D eigenvalue weighted by Gasteiger charge is 2.47. The Morgan fingerprint density at radius 3 is 2.52 bits per heavy atom. The molecule has 2 aromatic carbocycles. The van der Waals surface area contributed by atoms with Crippen molar-refractivity contribution >= 4 is 17.5 Å². The van der Waals surface area contributed by atoms with Gasteiger partial charge in [-0.1, -0.05) is 29.8 Å². The van der Waals surface area contributed by atoms with Crippen molar-refractivity contribution in [2.45, 2.75) is 31.7 Å². The van der Waals surface area contributed by atoms with Crippen molar-refractivity contribution in [2.75, 3.05) is 24.5 Å². The third kappa shape index (κ3) is 3.91. The number of likely N-dealkylation sites (tertiary alicyclic amines) is 1. The highest BCUT2D eigenvalue weighted by atomic mass is 19.1. The minimum absolute atomic E-state index is 0.0287. The van der Waals surface area contributed by atoms with Crippen molar-refractivity contribution < 1.29 is 18.5 Å². The first kappa shape index (κ1) is 21.3. The number of carbonyl (C=O) groups is 1. The first-order valence-electron chi connectivity index (χ1n) is 11.0. The largest absolute Gasteiger partial charge is 0.433 e. The molecule has 2 aliphatic rings. The van der Waals surface area contributed by atoms with E-state index >= 15 is 0 Å². The van der Waals surface area contributed by atoms with Gasteiger partial charge in [-0.05, 0) is 68.2 Å². The van der Waals surface area contributed by atoms with Gasteiger partial charge < -0.3 is 9.32 Å². The Morgan fingerprint density at radius 1 is 1.12 bits per heavy atom. The molecular weight excluding hydrogens is 425 g/mol. The molecule has 0 aliphatic carbocycles. The lowest BCUT2D eigenvalue weighted by Crippen LogP contribution is -2.45. The topological polar surface area (TPSA) is 79.8 Å². The molecule has 0 unspecified atom stereocenters. The molecule has 5 rings (SSSR count). The summed E-state index contributed by atoms with van der Waals surface area (Å²) in [5.41, 5.74) is 4.03. The molecule has 7 nitrogen and oxygen atoms in total. The molecule has 3 aromatic rings. The molecule has 1 aromatic heterocycles. The number of furan rings is 1. The molecule has 0 saturated carbocycles. The van der Waals surface area contributed by atoms with Crippen molar-refractivity contribution in [1.82, 2.24) is 4.90 Å². The number of carbonyl (C=O) groups excluding carboxylic acids is 1. The quantitative estimate of drug-likeness (QED) is 0.421. The van der Waals surface area contributed by atoms with E-state index in [0.29, 0.717) is 6.54 Å². The van der Waals surface area contributed by atoms with E-state index in [1.54, 1.807) is 4.90 Å². The van der Waals surface area contributed by atoms with Crippen LogP contribution in [0, 0.1) is 22.9 Å². The summed E-state index contributed by atoms with van der Waals surface area (Å²) < 4.78 is 18.4. The van der Waals surface area contributed by atoms with Crippen LogP contribution < -0.4 is 4.90 Å². The number of hydrogen-bond acceptors (Lipinski definition) is 5. The fraction of sp³-hybridized carbons (Fsp3) is 0.320. The molecule has 1 spiro atoms. The van der Waals surface area contributed by atoms with Crippen LogP contribution in [-0.2, 0) is 12.0 Å². The van der Waals surface area contributed by atoms with E-state index in [2.05, 4.69) is 11.0 Å². The molecule has 170 valence electrons. The molecule has 2 aliphatic heterocycles. The zero-order chi connectivity index (χ0) is 23.2. The van der Waals surface area contributed by atoms with Crippen LogP contribution >= 0.6 is 0 Å². The maximum atomic E-state index is 13.3. The van der Waals surface area contributed by atoms with Crippen LogP contribution in [0.4, 0.5) is 16.0 Å². The third-order valence-electron chi connectivity index (χ3n) is 6.84. The zero-order valence-electron chi connectivity index (χ0n) is 18.3. The number of nitrogens with zero attached hydrogens (tertiary/aromatic N) is 3. The van der Waals surface area contributed by atoms with Gasteiger partial charge >= 0.3 is 5.88 Å². The standard InChI is InChI=1S/C25H24FN3O4/c1-17-2-7-21-20(14-17)25(16-28(21)24(30)22-8-9-23(33-22)29(31)32)10-12-27(13-11-25)15-18-3-5-19(26)6-4-18/h2-9,14H,10-13,15-16H2,1H3. The Balaban J connectivity index is 1.37. The maximum Gasteiger partial charge on any atom is 0.433 e. The minimum Gasteiger partial charge on any atom is -0.395 e. The lowest BCUT2D eigenvalue weighted by molar-refractivity contribution is -0.402. The van der Waals surface area contributed by atoms with Crippen LogP contribution in [0.15, 0.2) is 59.0 Å². The van der Waals surface area contributed by atoms with Gasteiger partial charge in [0.25, 0.3) is 5.91 Å². The van der Waals surface area contributed by atoms with Crippen LogP contribution in [-0.4, -0.2) is 35.4 Å². The Morgan fingerprint density at radius 2 is 1.85 bits per heavy atom. The van der Waals surface area contributed by atoms with Crippen LogP contribution in [0.1, 0.15) is 40.1 Å². The molecule has 33 heavy (non-hydrogen) atoms. The zero-order valence-corrected chi connectivity index (χ0v) is 18.3. The second-order valence-corrected chi connectivity index (χ2v) is 8.99. The van der Waals surface area contributed by atoms with Gasteiger partial charge in [0, 0.05) is 24.2 Å². The Kier molecular flexibility index (Phi) is 5.25. The number of amides is 1. The molecule has 1 amide bonds.